The van der Waals surface area contributed by atoms with Crippen LogP contribution in [0, 0.1) is 5.82 Å². The van der Waals surface area contributed by atoms with Gasteiger partial charge in [0.1, 0.15) is 35.9 Å². The Morgan fingerprint density at radius 1 is 1.25 bits per heavy atom. The van der Waals surface area contributed by atoms with E-state index in [1.807, 2.05) is 0 Å². The molecule has 1 N–H and O–H groups in total. The molecule has 0 bridgehead atoms. The van der Waals surface area contributed by atoms with Gasteiger partial charge in [0.05, 0.1) is 11.6 Å². The lowest BCUT2D eigenvalue weighted by atomic mass is 9.91. The Morgan fingerprint density at radius 3 is 2.75 bits per heavy atom. The van der Waals surface area contributed by atoms with Gasteiger partial charge in [0, 0.05) is 5.56 Å². The third-order valence-electron chi connectivity index (χ3n) is 4.18. The predicted octanol–water partition coefficient (Wildman–Crippen LogP) is 3.44. The maximum Gasteiger partial charge on any atom is 0.144 e. The lowest BCUT2D eigenvalue weighted by Gasteiger charge is -2.14. The van der Waals surface area contributed by atoms with Crippen molar-refractivity contribution in [3.63, 3.8) is 0 Å². The second-order valence-electron chi connectivity index (χ2n) is 5.67. The van der Waals surface area contributed by atoms with Gasteiger partial charge in [0.15, 0.2) is 0 Å². The molecule has 1 aromatic heterocycles. The van der Waals surface area contributed by atoms with Crippen LogP contribution in [0.3, 0.4) is 0 Å². The number of nitrogens with zero attached hydrogens (tertiary/aromatic N) is 3. The fourth-order valence-corrected chi connectivity index (χ4v) is 3.17. The number of aromatic nitrogens is 3. The number of halogens is 2. The van der Waals surface area contributed by atoms with Crippen molar-refractivity contribution in [3.8, 4) is 5.75 Å². The molecule has 1 fully saturated rings. The highest BCUT2D eigenvalue weighted by atomic mass is 35.5. The normalized spacial score (nSPS) is 22.5. The molecule has 1 aliphatic heterocycles. The summed E-state index contributed by atoms with van der Waals surface area (Å²) in [6.07, 6.45) is 2.66. The van der Waals surface area contributed by atoms with Gasteiger partial charge in [0.25, 0.3) is 0 Å². The van der Waals surface area contributed by atoms with Gasteiger partial charge < -0.3 is 9.84 Å². The summed E-state index contributed by atoms with van der Waals surface area (Å²) in [5.41, 5.74) is 0.753. The van der Waals surface area contributed by atoms with E-state index in [4.69, 9.17) is 16.3 Å². The molecule has 0 amide bonds. The molecule has 5 nitrogen and oxygen atoms in total. The minimum Gasteiger partial charge on any atom is -0.506 e. The number of epoxide rings is 1. The van der Waals surface area contributed by atoms with Crippen LogP contribution in [-0.2, 0) is 16.9 Å². The Morgan fingerprint density at radius 2 is 2.04 bits per heavy atom. The molecule has 122 valence electrons. The van der Waals surface area contributed by atoms with E-state index in [2.05, 4.69) is 10.1 Å². The molecule has 1 saturated heterocycles. The SMILES string of the molecule is Oc1cccc(C2OC2(Cn2cncn2)c2ccc(F)cc2)c1Cl. The number of phenolic OH excluding ortho intramolecular Hbond substituents is 1. The highest BCUT2D eigenvalue weighted by Crippen LogP contribution is 2.59. The molecule has 2 unspecified atom stereocenters. The van der Waals surface area contributed by atoms with Crippen molar-refractivity contribution in [2.75, 3.05) is 0 Å². The lowest BCUT2D eigenvalue weighted by Crippen LogP contribution is -2.19. The van der Waals surface area contributed by atoms with E-state index in [1.54, 1.807) is 35.3 Å². The summed E-state index contributed by atoms with van der Waals surface area (Å²) < 4.78 is 21.0. The first-order chi connectivity index (χ1) is 11.6. The average molecular weight is 346 g/mol. The van der Waals surface area contributed by atoms with Gasteiger partial charge in [-0.1, -0.05) is 35.9 Å². The van der Waals surface area contributed by atoms with E-state index >= 15 is 0 Å². The van der Waals surface area contributed by atoms with Gasteiger partial charge in [0.2, 0.25) is 0 Å². The molecule has 2 atom stereocenters. The quantitative estimate of drug-likeness (QED) is 0.736. The van der Waals surface area contributed by atoms with E-state index in [1.165, 1.54) is 24.5 Å². The van der Waals surface area contributed by atoms with E-state index in [0.717, 1.165) is 5.56 Å². The number of phenols is 1. The summed E-state index contributed by atoms with van der Waals surface area (Å²) in [4.78, 5) is 3.94. The Bertz CT molecular complexity index is 870. The molecule has 3 aromatic rings. The second-order valence-corrected chi connectivity index (χ2v) is 6.05. The van der Waals surface area contributed by atoms with Gasteiger partial charge in [-0.2, -0.15) is 5.10 Å². The summed E-state index contributed by atoms with van der Waals surface area (Å²) in [6, 6.07) is 11.2. The zero-order valence-corrected chi connectivity index (χ0v) is 13.2. The second kappa shape index (κ2) is 5.58. The number of ether oxygens (including phenoxy) is 1. The van der Waals surface area contributed by atoms with Crippen LogP contribution in [-0.4, -0.2) is 19.9 Å². The van der Waals surface area contributed by atoms with Crippen molar-refractivity contribution < 1.29 is 14.2 Å². The molecule has 2 aromatic carbocycles. The minimum atomic E-state index is -0.737. The molecule has 24 heavy (non-hydrogen) atoms. The highest BCUT2D eigenvalue weighted by Gasteiger charge is 2.59. The molecule has 0 aliphatic carbocycles. The highest BCUT2D eigenvalue weighted by molar-refractivity contribution is 6.32. The van der Waals surface area contributed by atoms with Crippen molar-refractivity contribution in [3.05, 3.63) is 77.1 Å². The van der Waals surface area contributed by atoms with Crippen molar-refractivity contribution in [1.29, 1.82) is 0 Å². The molecule has 0 saturated carbocycles. The number of rotatable bonds is 4. The van der Waals surface area contributed by atoms with Gasteiger partial charge in [-0.05, 0) is 23.8 Å². The fourth-order valence-electron chi connectivity index (χ4n) is 2.95. The molecule has 7 heteroatoms. The largest absolute Gasteiger partial charge is 0.506 e. The van der Waals surface area contributed by atoms with Crippen LogP contribution in [0.25, 0.3) is 0 Å². The summed E-state index contributed by atoms with van der Waals surface area (Å²) in [5.74, 6) is -0.319. The van der Waals surface area contributed by atoms with Crippen molar-refractivity contribution in [2.45, 2.75) is 18.2 Å². The topological polar surface area (TPSA) is 63.5 Å². The molecule has 1 aliphatic rings. The summed E-state index contributed by atoms with van der Waals surface area (Å²) >= 11 is 6.23. The van der Waals surface area contributed by atoms with E-state index in [0.29, 0.717) is 12.1 Å². The van der Waals surface area contributed by atoms with Gasteiger partial charge >= 0.3 is 0 Å². The Hall–Kier alpha value is -2.44. The molecule has 4 rings (SSSR count). The number of benzene rings is 2. The van der Waals surface area contributed by atoms with Crippen LogP contribution in [0.5, 0.6) is 5.75 Å². The van der Waals surface area contributed by atoms with Crippen LogP contribution >= 0.6 is 11.6 Å². The molecule has 2 heterocycles. The van der Waals surface area contributed by atoms with Gasteiger partial charge in [-0.15, -0.1) is 0 Å². The zero-order valence-electron chi connectivity index (χ0n) is 12.4. The van der Waals surface area contributed by atoms with Gasteiger partial charge in [-0.3, -0.25) is 0 Å². The lowest BCUT2D eigenvalue weighted by molar-refractivity contribution is 0.262. The molecular weight excluding hydrogens is 333 g/mol. The van der Waals surface area contributed by atoms with Crippen LogP contribution in [0.15, 0.2) is 55.1 Å². The number of aromatic hydroxyl groups is 1. The Balaban J connectivity index is 1.76. The standard InChI is InChI=1S/C17H13ClFN3O2/c18-15-13(2-1-3-14(15)23)16-17(24-16,8-22-10-20-9-21-22)11-4-6-12(19)7-5-11/h1-7,9-10,16,23H,8H2. The first-order valence-electron chi connectivity index (χ1n) is 7.34. The summed E-state index contributed by atoms with van der Waals surface area (Å²) in [5, 5.41) is 14.2. The third-order valence-corrected chi connectivity index (χ3v) is 4.59. The zero-order chi connectivity index (χ0) is 16.7. The molecule has 0 spiro atoms. The average Bonchev–Trinajstić information content (AvgIpc) is 3.05. The fraction of sp³-hybridized carbons (Fsp3) is 0.176. The summed E-state index contributed by atoms with van der Waals surface area (Å²) in [6.45, 7) is 0.398. The van der Waals surface area contributed by atoms with Gasteiger partial charge in [-0.25, -0.2) is 14.1 Å². The monoisotopic (exact) mass is 345 g/mol. The minimum absolute atomic E-state index is 0.00145. The number of hydrogen-bond acceptors (Lipinski definition) is 4. The van der Waals surface area contributed by atoms with Crippen LogP contribution in [0.2, 0.25) is 5.02 Å². The van der Waals surface area contributed by atoms with E-state index in [-0.39, 0.29) is 22.7 Å². The van der Waals surface area contributed by atoms with Crippen molar-refractivity contribution in [1.82, 2.24) is 14.8 Å². The van der Waals surface area contributed by atoms with E-state index in [9.17, 15) is 9.50 Å². The summed E-state index contributed by atoms with van der Waals surface area (Å²) in [7, 11) is 0. The molecular formula is C17H13ClFN3O2. The smallest absolute Gasteiger partial charge is 0.144 e. The first kappa shape index (κ1) is 15.1. The van der Waals surface area contributed by atoms with Crippen LogP contribution in [0.1, 0.15) is 17.2 Å². The third kappa shape index (κ3) is 2.44. The first-order valence-corrected chi connectivity index (χ1v) is 7.71. The number of hydrogen-bond donors (Lipinski definition) is 1. The maximum atomic E-state index is 13.3. The Labute approximate surface area is 142 Å². The van der Waals surface area contributed by atoms with Crippen molar-refractivity contribution in [2.24, 2.45) is 0 Å². The maximum absolute atomic E-state index is 13.3. The Kier molecular flexibility index (Phi) is 3.51. The van der Waals surface area contributed by atoms with E-state index < -0.39 is 5.60 Å². The predicted molar refractivity (Wildman–Crippen MR) is 85.0 cm³/mol. The molecule has 0 radical (unpaired) electrons. The van der Waals surface area contributed by atoms with Crippen molar-refractivity contribution >= 4 is 11.6 Å². The van der Waals surface area contributed by atoms with Crippen LogP contribution < -0.4 is 0 Å². The van der Waals surface area contributed by atoms with Crippen LogP contribution in [0.4, 0.5) is 4.39 Å².